The molecule has 129 heavy (non-hydrogen) atoms. The number of urea groups is 1. The van der Waals surface area contributed by atoms with Gasteiger partial charge in [0, 0.05) is 43.4 Å². The van der Waals surface area contributed by atoms with Gasteiger partial charge in [-0.1, -0.05) is 31.5 Å². The van der Waals surface area contributed by atoms with Gasteiger partial charge in [0.1, 0.15) is 30.3 Å². The van der Waals surface area contributed by atoms with Gasteiger partial charge in [-0.2, -0.15) is 0 Å². The molecule has 1 aliphatic rings. The summed E-state index contributed by atoms with van der Waals surface area (Å²) in [5.74, 6) is -4.46. The molecule has 1 heterocycles. The predicted molar refractivity (Wildman–Crippen MR) is 469 cm³/mol. The van der Waals surface area contributed by atoms with Crippen molar-refractivity contribution in [2.24, 2.45) is 11.7 Å². The number of amides is 10. The van der Waals surface area contributed by atoms with Crippen molar-refractivity contribution in [3.05, 3.63) is 42.0 Å². The molecule has 4 atom stereocenters. The van der Waals surface area contributed by atoms with Crippen LogP contribution in [0.3, 0.4) is 0 Å². The highest BCUT2D eigenvalue weighted by atomic mass is 16.6. The molecule has 43 heteroatoms. The quantitative estimate of drug-likeness (QED) is 0.0341. The zero-order valence-corrected chi connectivity index (χ0v) is 77.4. The lowest BCUT2D eigenvalue weighted by Crippen LogP contribution is -2.60. The van der Waals surface area contributed by atoms with E-state index in [-0.39, 0.29) is 57.8 Å². The van der Waals surface area contributed by atoms with Crippen molar-refractivity contribution in [1.29, 1.82) is 0 Å². The van der Waals surface area contributed by atoms with Crippen LogP contribution < -0.4 is 43.0 Å². The first-order valence-corrected chi connectivity index (χ1v) is 44.7. The second kappa shape index (κ2) is 83.9. The van der Waals surface area contributed by atoms with Crippen LogP contribution in [0.5, 0.6) is 0 Å². The summed E-state index contributed by atoms with van der Waals surface area (Å²) in [6.07, 6.45) is 2.30. The van der Waals surface area contributed by atoms with Crippen LogP contribution in [0.1, 0.15) is 85.6 Å². The third-order valence-electron chi connectivity index (χ3n) is 17.3. The molecule has 9 N–H and O–H groups in total. The summed E-state index contributed by atoms with van der Waals surface area (Å²) in [4.78, 5) is 116. The highest BCUT2D eigenvalue weighted by Gasteiger charge is 2.39. The van der Waals surface area contributed by atoms with E-state index in [1.807, 2.05) is 31.2 Å². The topological polar surface area (TPSA) is 498 Å². The van der Waals surface area contributed by atoms with Crippen molar-refractivity contribution in [2.45, 2.75) is 117 Å². The molecule has 10 amide bonds. The maximum absolute atomic E-state index is 14.1. The van der Waals surface area contributed by atoms with Gasteiger partial charge in [-0.3, -0.25) is 39.0 Å². The van der Waals surface area contributed by atoms with Gasteiger partial charge in [-0.15, -0.1) is 0 Å². The summed E-state index contributed by atoms with van der Waals surface area (Å²) in [7, 11) is 0. The summed E-state index contributed by atoms with van der Waals surface area (Å²) in [6, 6.07) is 2.50. The van der Waals surface area contributed by atoms with E-state index in [0.717, 1.165) is 17.7 Å². The van der Waals surface area contributed by atoms with Crippen molar-refractivity contribution in [1.82, 2.24) is 36.8 Å². The molecule has 43 nitrogen and oxygen atoms in total. The molecule has 0 spiro atoms. The molecule has 2 rings (SSSR count). The second-order valence-electron chi connectivity index (χ2n) is 29.7. The van der Waals surface area contributed by atoms with Gasteiger partial charge in [-0.05, 0) is 84.8 Å². The van der Waals surface area contributed by atoms with Gasteiger partial charge in [0.15, 0.2) is 0 Å². The minimum Gasteiger partial charge on any atom is -0.447 e. The molecule has 1 aliphatic heterocycles. The first-order chi connectivity index (χ1) is 62.7. The van der Waals surface area contributed by atoms with Crippen LogP contribution in [0.2, 0.25) is 0 Å². The number of hydrogen-bond donors (Lipinski definition) is 8. The molecule has 1 aromatic carbocycles. The first kappa shape index (κ1) is 118. The van der Waals surface area contributed by atoms with Crippen molar-refractivity contribution in [3.8, 4) is 0 Å². The largest absolute Gasteiger partial charge is 0.447 e. The fourth-order valence-corrected chi connectivity index (χ4v) is 10.7. The molecule has 0 saturated carbocycles. The Morgan fingerprint density at radius 2 is 0.674 bits per heavy atom. The second-order valence-corrected chi connectivity index (χ2v) is 29.7. The van der Waals surface area contributed by atoms with Crippen LogP contribution >= 0.6 is 0 Å². The van der Waals surface area contributed by atoms with Gasteiger partial charge in [0.25, 0.3) is 11.8 Å². The van der Waals surface area contributed by atoms with E-state index >= 15 is 0 Å². The number of unbranched alkanes of at least 4 members (excludes halogenated alkanes) is 1. The molecular formula is C86H153N9O34. The fourth-order valence-electron chi connectivity index (χ4n) is 10.7. The summed E-state index contributed by atoms with van der Waals surface area (Å²) >= 11 is 0. The number of carbonyl (C=O) groups excluding carboxylic acids is 9. The Bertz CT molecular complexity index is 2970. The summed E-state index contributed by atoms with van der Waals surface area (Å²) in [6.45, 7) is 31.7. The standard InChI is InChI=1S/C86H153N9O34/c1-70(2)79(82(101)91-72(4)11-10-21-89-83(87)102)94-80(99)74(93-81(100)75(95-77(97)17-18-78(95)98)69-90-84(103)129-86(5,6)7)12-8-9-20-88-76(96)19-22-105-23-24-106-25-26-107-27-28-108-29-30-109-31-32-110-33-34-111-35-36-112-37-38-113-39-40-114-41-42-115-43-44-116-45-46-117-47-48-118-49-50-119-51-52-120-53-54-121-55-56-122-57-58-123-59-60-124-61-62-125-63-64-126-65-66-127-67-68-128-85(104)92-73-15-13-71(3)14-16-73/h13-18,70,72,74-75,79H,8-12,19-69H2,1-7H3,(H,88,96)(H,90,103)(H,91,101)(H,92,104)(H,93,100)(H,94,99)(H3,87,89,102)/t72-,74-,75-,79-/m0/s1. The Kier molecular flexibility index (Phi) is 76.7. The number of nitrogens with one attached hydrogen (secondary N) is 7. The number of rotatable bonds is 92. The van der Waals surface area contributed by atoms with E-state index in [2.05, 4.69) is 37.2 Å². The molecule has 0 fully saturated rings. The van der Waals surface area contributed by atoms with Crippen LogP contribution in [0.25, 0.3) is 0 Å². The SMILES string of the molecule is Cc1ccc(NC(=O)OCCOCCOCCOCCOCCOCCOCCOCCOCCOCCOCCOCCOCCOCCOCCOCCOCCOCCOCCOCCOCCOCCOCCOCCC(=O)NCCCC[C@H](NC(=O)[C@H](CNC(=O)OC(C)(C)C)N2C(=O)C=CC2=O)C(=O)N[C@H](C(=O)N[C@@H](C)CCCNC(N)=O)C(C)C)cc1. The molecule has 0 radical (unpaired) electrons. The maximum atomic E-state index is 14.1. The highest BCUT2D eigenvalue weighted by Crippen LogP contribution is 2.15. The number of anilines is 1. The normalized spacial score (nSPS) is 13.1. The van der Waals surface area contributed by atoms with Crippen molar-refractivity contribution in [3.63, 3.8) is 0 Å². The molecule has 0 unspecified atom stereocenters. The monoisotopic (exact) mass is 1860 g/mol. The van der Waals surface area contributed by atoms with Gasteiger partial charge in [0.2, 0.25) is 23.6 Å². The summed E-state index contributed by atoms with van der Waals surface area (Å²) < 4.78 is 138. The van der Waals surface area contributed by atoms with Crippen LogP contribution in [0.15, 0.2) is 36.4 Å². The molecule has 0 bridgehead atoms. The number of nitrogens with two attached hydrogens (primary N) is 1. The van der Waals surface area contributed by atoms with Crippen LogP contribution in [-0.2, 0) is 147 Å². The van der Waals surface area contributed by atoms with Crippen molar-refractivity contribution in [2.75, 3.05) is 335 Å². The van der Waals surface area contributed by atoms with E-state index in [1.54, 1.807) is 41.5 Å². The first-order valence-electron chi connectivity index (χ1n) is 44.7. The zero-order valence-electron chi connectivity index (χ0n) is 77.4. The van der Waals surface area contributed by atoms with Gasteiger partial charge in [0.05, 0.1) is 310 Å². The number of alkyl carbamates (subject to hydrolysis) is 1. The number of hydrogen-bond acceptors (Lipinski definition) is 34. The van der Waals surface area contributed by atoms with Crippen LogP contribution in [-0.4, -0.2) is 418 Å². The van der Waals surface area contributed by atoms with Crippen molar-refractivity contribution < 1.29 is 162 Å². The number of nitrogens with zero attached hydrogens (tertiary/aromatic N) is 1. The van der Waals surface area contributed by atoms with E-state index < -0.39 is 83.9 Å². The lowest BCUT2D eigenvalue weighted by atomic mass is 10.0. The molecule has 0 aliphatic carbocycles. The van der Waals surface area contributed by atoms with E-state index in [0.29, 0.717) is 327 Å². The van der Waals surface area contributed by atoms with Crippen molar-refractivity contribution >= 4 is 59.3 Å². The summed E-state index contributed by atoms with van der Waals surface area (Å²) in [5.41, 5.74) is 6.02. The highest BCUT2D eigenvalue weighted by molar-refractivity contribution is 6.15. The van der Waals surface area contributed by atoms with Crippen LogP contribution in [0, 0.1) is 12.8 Å². The number of ether oxygens (including phenoxy) is 25. The lowest BCUT2D eigenvalue weighted by Gasteiger charge is -2.30. The van der Waals surface area contributed by atoms with E-state index in [4.69, 9.17) is 124 Å². The van der Waals surface area contributed by atoms with Gasteiger partial charge < -0.3 is 156 Å². The Hall–Kier alpha value is -7.13. The van der Waals surface area contributed by atoms with E-state index in [9.17, 15) is 43.2 Å². The average molecular weight is 1860 g/mol. The fraction of sp³-hybridized carbons (Fsp3) is 0.802. The predicted octanol–water partition coefficient (Wildman–Crippen LogP) is 2.00. The third-order valence-corrected chi connectivity index (χ3v) is 17.3. The lowest BCUT2D eigenvalue weighted by molar-refractivity contribution is -0.146. The Labute approximate surface area is 760 Å². The van der Waals surface area contributed by atoms with Gasteiger partial charge >= 0.3 is 18.2 Å². The Morgan fingerprint density at radius 1 is 0.357 bits per heavy atom. The molecular weight excluding hydrogens is 1700 g/mol. The van der Waals surface area contributed by atoms with Gasteiger partial charge in [-0.25, -0.2) is 14.4 Å². The zero-order chi connectivity index (χ0) is 93.8. The van der Waals surface area contributed by atoms with E-state index in [1.165, 1.54) is 0 Å². The average Bonchev–Trinajstić information content (AvgIpc) is 1.71. The molecule has 1 aromatic rings. The molecule has 0 aromatic heterocycles. The minimum absolute atomic E-state index is 0.0119. The smallest absolute Gasteiger partial charge is 0.411 e. The number of aryl methyl sites for hydroxylation is 1. The summed E-state index contributed by atoms with van der Waals surface area (Å²) in [5, 5.41) is 18.6. The Morgan fingerprint density at radius 3 is 0.992 bits per heavy atom. The minimum atomic E-state index is -1.59. The Balaban J connectivity index is 1.27. The number of carbonyl (C=O) groups is 9. The number of primary amides is 1. The molecule has 0 saturated heterocycles. The maximum Gasteiger partial charge on any atom is 0.411 e. The number of imide groups is 1. The van der Waals surface area contributed by atoms with Crippen LogP contribution in [0.4, 0.5) is 20.1 Å². The third kappa shape index (κ3) is 74.0. The number of benzene rings is 1. The molecule has 746 valence electrons.